The molecule has 1 aromatic heterocycles. The second-order valence-electron chi connectivity index (χ2n) is 5.66. The molecule has 2 aromatic carbocycles. The zero-order valence-electron chi connectivity index (χ0n) is 15.2. The Morgan fingerprint density at radius 3 is 2.08 bits per heavy atom. The molecule has 0 aliphatic rings. The SMILES string of the molecule is CCOc1cc(OCC)cc(-c2c(NC)oc(-c3ccccc3)c2O)c1. The first-order valence-corrected chi connectivity index (χ1v) is 8.67. The lowest BCUT2D eigenvalue weighted by molar-refractivity contribution is 0.323. The molecule has 0 bridgehead atoms. The van der Waals surface area contributed by atoms with E-state index in [-0.39, 0.29) is 5.75 Å². The van der Waals surface area contributed by atoms with E-state index < -0.39 is 0 Å². The second-order valence-corrected chi connectivity index (χ2v) is 5.66. The summed E-state index contributed by atoms with van der Waals surface area (Å²) < 4.78 is 17.2. The smallest absolute Gasteiger partial charge is 0.205 e. The highest BCUT2D eigenvalue weighted by Gasteiger charge is 2.23. The molecule has 2 N–H and O–H groups in total. The summed E-state index contributed by atoms with van der Waals surface area (Å²) in [5.74, 6) is 2.34. The van der Waals surface area contributed by atoms with Gasteiger partial charge in [-0.25, -0.2) is 0 Å². The van der Waals surface area contributed by atoms with Crippen LogP contribution in [0.1, 0.15) is 13.8 Å². The average molecular weight is 353 g/mol. The molecule has 0 radical (unpaired) electrons. The van der Waals surface area contributed by atoms with Gasteiger partial charge in [0.1, 0.15) is 11.5 Å². The van der Waals surface area contributed by atoms with Crippen LogP contribution in [0.15, 0.2) is 52.9 Å². The molecule has 0 unspecified atom stereocenters. The van der Waals surface area contributed by atoms with Gasteiger partial charge in [0.2, 0.25) is 5.88 Å². The number of anilines is 1. The van der Waals surface area contributed by atoms with Crippen molar-refractivity contribution in [2.24, 2.45) is 0 Å². The van der Waals surface area contributed by atoms with Crippen LogP contribution in [0.25, 0.3) is 22.5 Å². The van der Waals surface area contributed by atoms with Crippen LogP contribution in [0.3, 0.4) is 0 Å². The van der Waals surface area contributed by atoms with Crippen molar-refractivity contribution >= 4 is 5.88 Å². The zero-order valence-corrected chi connectivity index (χ0v) is 15.2. The predicted octanol–water partition coefficient (Wildman–Crippen LogP) is 5.16. The molecular formula is C21H23NO4. The third kappa shape index (κ3) is 3.47. The van der Waals surface area contributed by atoms with E-state index in [2.05, 4.69) is 5.32 Å². The second kappa shape index (κ2) is 7.87. The summed E-state index contributed by atoms with van der Waals surface area (Å²) in [6, 6.07) is 15.1. The molecule has 0 aliphatic carbocycles. The predicted molar refractivity (Wildman–Crippen MR) is 103 cm³/mol. The quantitative estimate of drug-likeness (QED) is 0.614. The minimum Gasteiger partial charge on any atom is -0.504 e. The molecule has 5 nitrogen and oxygen atoms in total. The van der Waals surface area contributed by atoms with Gasteiger partial charge in [-0.2, -0.15) is 0 Å². The van der Waals surface area contributed by atoms with Gasteiger partial charge in [-0.3, -0.25) is 0 Å². The van der Waals surface area contributed by atoms with Crippen molar-refractivity contribution in [3.8, 4) is 39.7 Å². The van der Waals surface area contributed by atoms with Crippen molar-refractivity contribution in [2.45, 2.75) is 13.8 Å². The van der Waals surface area contributed by atoms with Crippen LogP contribution in [0.2, 0.25) is 0 Å². The van der Waals surface area contributed by atoms with E-state index in [0.29, 0.717) is 41.9 Å². The normalized spacial score (nSPS) is 10.6. The Morgan fingerprint density at radius 1 is 0.923 bits per heavy atom. The van der Waals surface area contributed by atoms with E-state index in [1.54, 1.807) is 7.05 Å². The van der Waals surface area contributed by atoms with E-state index in [4.69, 9.17) is 13.9 Å². The molecule has 0 fully saturated rings. The summed E-state index contributed by atoms with van der Waals surface area (Å²) in [5, 5.41) is 13.9. The maximum atomic E-state index is 10.9. The monoisotopic (exact) mass is 353 g/mol. The number of aromatic hydroxyl groups is 1. The molecule has 0 spiro atoms. The van der Waals surface area contributed by atoms with Gasteiger partial charge in [0, 0.05) is 18.7 Å². The molecule has 0 atom stereocenters. The van der Waals surface area contributed by atoms with Gasteiger partial charge in [0.05, 0.1) is 18.8 Å². The standard InChI is InChI=1S/C21H23NO4/c1-4-24-16-11-15(12-17(13-16)25-5-2)18-19(23)20(26-21(18)22-3)14-9-7-6-8-10-14/h6-13,22-23H,4-5H2,1-3H3. The van der Waals surface area contributed by atoms with Crippen molar-refractivity contribution in [2.75, 3.05) is 25.6 Å². The lowest BCUT2D eigenvalue weighted by atomic mass is 10.0. The molecule has 0 aliphatic heterocycles. The van der Waals surface area contributed by atoms with Gasteiger partial charge in [0.15, 0.2) is 11.5 Å². The van der Waals surface area contributed by atoms with Crippen LogP contribution in [0.4, 0.5) is 5.88 Å². The minimum absolute atomic E-state index is 0.0802. The molecule has 3 aromatic rings. The van der Waals surface area contributed by atoms with E-state index in [1.165, 1.54) is 0 Å². The summed E-state index contributed by atoms with van der Waals surface area (Å²) >= 11 is 0. The lowest BCUT2D eigenvalue weighted by Gasteiger charge is -2.11. The largest absolute Gasteiger partial charge is 0.504 e. The number of furan rings is 1. The third-order valence-electron chi connectivity index (χ3n) is 3.94. The van der Waals surface area contributed by atoms with Gasteiger partial charge in [-0.15, -0.1) is 0 Å². The fraction of sp³-hybridized carbons (Fsp3) is 0.238. The Bertz CT molecular complexity index is 847. The molecule has 136 valence electrons. The van der Waals surface area contributed by atoms with Gasteiger partial charge in [-0.05, 0) is 31.5 Å². The maximum absolute atomic E-state index is 10.9. The summed E-state index contributed by atoms with van der Waals surface area (Å²) in [5.41, 5.74) is 2.14. The van der Waals surface area contributed by atoms with Gasteiger partial charge in [0.25, 0.3) is 0 Å². The lowest BCUT2D eigenvalue weighted by Crippen LogP contribution is -1.96. The van der Waals surface area contributed by atoms with Crippen LogP contribution in [-0.2, 0) is 0 Å². The van der Waals surface area contributed by atoms with Crippen molar-refractivity contribution in [3.05, 3.63) is 48.5 Å². The maximum Gasteiger partial charge on any atom is 0.205 e. The number of ether oxygens (including phenoxy) is 2. The minimum atomic E-state index is 0.0802. The first kappa shape index (κ1) is 17.7. The molecule has 0 saturated heterocycles. The van der Waals surface area contributed by atoms with Crippen molar-refractivity contribution in [3.63, 3.8) is 0 Å². The van der Waals surface area contributed by atoms with Crippen LogP contribution in [-0.4, -0.2) is 25.4 Å². The third-order valence-corrected chi connectivity index (χ3v) is 3.94. The molecule has 26 heavy (non-hydrogen) atoms. The van der Waals surface area contributed by atoms with Crippen molar-refractivity contribution in [1.82, 2.24) is 0 Å². The topological polar surface area (TPSA) is 63.9 Å². The molecule has 1 heterocycles. The Morgan fingerprint density at radius 2 is 1.54 bits per heavy atom. The van der Waals surface area contributed by atoms with Crippen LogP contribution < -0.4 is 14.8 Å². The van der Waals surface area contributed by atoms with E-state index >= 15 is 0 Å². The number of benzene rings is 2. The highest BCUT2D eigenvalue weighted by atomic mass is 16.5. The Balaban J connectivity index is 2.15. The first-order valence-electron chi connectivity index (χ1n) is 8.67. The number of hydrogen-bond donors (Lipinski definition) is 2. The summed E-state index contributed by atoms with van der Waals surface area (Å²) in [7, 11) is 1.76. The number of hydrogen-bond acceptors (Lipinski definition) is 5. The molecule has 0 saturated carbocycles. The van der Waals surface area contributed by atoms with E-state index in [9.17, 15) is 5.11 Å². The highest BCUT2D eigenvalue weighted by Crippen LogP contribution is 2.47. The van der Waals surface area contributed by atoms with Crippen molar-refractivity contribution in [1.29, 1.82) is 0 Å². The fourth-order valence-corrected chi connectivity index (χ4v) is 2.87. The first-order chi connectivity index (χ1) is 12.7. The summed E-state index contributed by atoms with van der Waals surface area (Å²) in [6.45, 7) is 4.94. The Kier molecular flexibility index (Phi) is 5.37. The van der Waals surface area contributed by atoms with E-state index in [1.807, 2.05) is 62.4 Å². The average Bonchev–Trinajstić information content (AvgIpc) is 2.99. The van der Waals surface area contributed by atoms with Gasteiger partial charge < -0.3 is 24.3 Å². The molecule has 0 amide bonds. The van der Waals surface area contributed by atoms with Crippen LogP contribution in [0.5, 0.6) is 17.2 Å². The van der Waals surface area contributed by atoms with Crippen LogP contribution >= 0.6 is 0 Å². The van der Waals surface area contributed by atoms with Gasteiger partial charge in [-0.1, -0.05) is 30.3 Å². The molecule has 3 rings (SSSR count). The van der Waals surface area contributed by atoms with Gasteiger partial charge >= 0.3 is 0 Å². The molecule has 5 heteroatoms. The van der Waals surface area contributed by atoms with E-state index in [0.717, 1.165) is 11.1 Å². The number of nitrogens with one attached hydrogen (secondary N) is 1. The van der Waals surface area contributed by atoms with Crippen LogP contribution in [0, 0.1) is 0 Å². The Hall–Kier alpha value is -3.08. The summed E-state index contributed by atoms with van der Waals surface area (Å²) in [4.78, 5) is 0. The van der Waals surface area contributed by atoms with Crippen molar-refractivity contribution < 1.29 is 19.0 Å². The number of rotatable bonds is 7. The highest BCUT2D eigenvalue weighted by molar-refractivity contribution is 5.88. The zero-order chi connectivity index (χ0) is 18.5. The fourth-order valence-electron chi connectivity index (χ4n) is 2.87. The Labute approximate surface area is 153 Å². The summed E-state index contributed by atoms with van der Waals surface area (Å²) in [6.07, 6.45) is 0. The molecular weight excluding hydrogens is 330 g/mol.